The number of halogens is 2. The van der Waals surface area contributed by atoms with Crippen LogP contribution in [-0.2, 0) is 6.42 Å². The van der Waals surface area contributed by atoms with Crippen molar-refractivity contribution in [2.24, 2.45) is 5.92 Å². The summed E-state index contributed by atoms with van der Waals surface area (Å²) in [6.45, 7) is 4.00. The number of aromatic nitrogens is 2. The maximum atomic E-state index is 13.1. The Morgan fingerprint density at radius 2 is 1.85 bits per heavy atom. The van der Waals surface area contributed by atoms with Gasteiger partial charge >= 0.3 is 0 Å². The van der Waals surface area contributed by atoms with Crippen LogP contribution in [0.2, 0.25) is 0 Å². The summed E-state index contributed by atoms with van der Waals surface area (Å²) in [5.41, 5.74) is 0.204. The van der Waals surface area contributed by atoms with Gasteiger partial charge in [0.1, 0.15) is 11.6 Å². The van der Waals surface area contributed by atoms with Crippen LogP contribution in [0.15, 0.2) is 22.7 Å². The van der Waals surface area contributed by atoms with E-state index in [9.17, 15) is 13.9 Å². The van der Waals surface area contributed by atoms with E-state index in [1.54, 1.807) is 0 Å². The van der Waals surface area contributed by atoms with Crippen molar-refractivity contribution in [3.8, 4) is 11.4 Å². The van der Waals surface area contributed by atoms with E-state index < -0.39 is 17.7 Å². The van der Waals surface area contributed by atoms with Crippen molar-refractivity contribution < 1.29 is 18.4 Å². The molecule has 1 aromatic carbocycles. The molecule has 0 fully saturated rings. The number of benzene rings is 1. The van der Waals surface area contributed by atoms with Gasteiger partial charge in [-0.3, -0.25) is 0 Å². The molecule has 108 valence electrons. The molecular weight excluding hydrogens is 266 g/mol. The average Bonchev–Trinajstić information content (AvgIpc) is 2.74. The van der Waals surface area contributed by atoms with Gasteiger partial charge in [-0.1, -0.05) is 19.0 Å². The Hall–Kier alpha value is -1.82. The molecule has 1 aromatic heterocycles. The predicted octanol–water partition coefficient (Wildman–Crippen LogP) is 2.96. The van der Waals surface area contributed by atoms with Crippen LogP contribution in [0.3, 0.4) is 0 Å². The van der Waals surface area contributed by atoms with Gasteiger partial charge < -0.3 is 9.63 Å². The highest BCUT2D eigenvalue weighted by molar-refractivity contribution is 5.54. The second kappa shape index (κ2) is 6.09. The minimum absolute atomic E-state index is 0.107. The van der Waals surface area contributed by atoms with Gasteiger partial charge in [0.15, 0.2) is 0 Å². The number of rotatable bonds is 5. The zero-order valence-corrected chi connectivity index (χ0v) is 11.3. The smallest absolute Gasteiger partial charge is 0.229 e. The third kappa shape index (κ3) is 3.84. The Morgan fingerprint density at radius 1 is 1.20 bits per heavy atom. The molecule has 4 nitrogen and oxygen atoms in total. The van der Waals surface area contributed by atoms with Crippen molar-refractivity contribution in [1.82, 2.24) is 10.1 Å². The highest BCUT2D eigenvalue weighted by atomic mass is 19.1. The quantitative estimate of drug-likeness (QED) is 0.916. The highest BCUT2D eigenvalue weighted by Crippen LogP contribution is 2.19. The van der Waals surface area contributed by atoms with Crippen LogP contribution in [0.4, 0.5) is 8.78 Å². The molecule has 0 radical (unpaired) electrons. The van der Waals surface area contributed by atoms with E-state index in [0.29, 0.717) is 12.3 Å². The van der Waals surface area contributed by atoms with E-state index in [0.717, 1.165) is 18.2 Å². The SMILES string of the molecule is CC(C)CC(O)Cc1nc(-c2cc(F)cc(F)c2)no1. The van der Waals surface area contributed by atoms with E-state index in [-0.39, 0.29) is 23.7 Å². The Labute approximate surface area is 115 Å². The molecule has 0 saturated carbocycles. The first-order valence-electron chi connectivity index (χ1n) is 6.41. The fraction of sp³-hybridized carbons (Fsp3) is 0.429. The molecule has 0 aliphatic rings. The fourth-order valence-corrected chi connectivity index (χ4v) is 1.97. The first-order chi connectivity index (χ1) is 9.44. The number of hydrogen-bond donors (Lipinski definition) is 1. The summed E-state index contributed by atoms with van der Waals surface area (Å²) in [6.07, 6.45) is 0.266. The van der Waals surface area contributed by atoms with Gasteiger partial charge in [-0.2, -0.15) is 4.98 Å². The molecule has 0 amide bonds. The zero-order chi connectivity index (χ0) is 14.7. The number of hydrogen-bond acceptors (Lipinski definition) is 4. The normalized spacial score (nSPS) is 12.9. The molecule has 0 spiro atoms. The Balaban J connectivity index is 2.12. The second-order valence-electron chi connectivity index (χ2n) is 5.16. The van der Waals surface area contributed by atoms with Gasteiger partial charge in [-0.25, -0.2) is 8.78 Å². The third-order valence-electron chi connectivity index (χ3n) is 2.74. The minimum Gasteiger partial charge on any atom is -0.393 e. The lowest BCUT2D eigenvalue weighted by atomic mass is 10.0. The molecule has 1 atom stereocenters. The molecule has 2 rings (SSSR count). The maximum absolute atomic E-state index is 13.1. The summed E-state index contributed by atoms with van der Waals surface area (Å²) in [4.78, 5) is 4.04. The van der Waals surface area contributed by atoms with Gasteiger partial charge in [0.2, 0.25) is 11.7 Å². The first kappa shape index (κ1) is 14.6. The first-order valence-corrected chi connectivity index (χ1v) is 6.41. The molecule has 0 saturated heterocycles. The van der Waals surface area contributed by atoms with Crippen LogP contribution in [0.5, 0.6) is 0 Å². The number of aliphatic hydroxyl groups excluding tert-OH is 1. The molecule has 6 heteroatoms. The molecule has 0 aliphatic heterocycles. The van der Waals surface area contributed by atoms with Gasteiger partial charge in [0.25, 0.3) is 0 Å². The highest BCUT2D eigenvalue weighted by Gasteiger charge is 2.15. The summed E-state index contributed by atoms with van der Waals surface area (Å²) < 4.78 is 31.2. The van der Waals surface area contributed by atoms with Crippen LogP contribution in [0.1, 0.15) is 26.2 Å². The van der Waals surface area contributed by atoms with E-state index in [1.807, 2.05) is 13.8 Å². The molecule has 1 N–H and O–H groups in total. The van der Waals surface area contributed by atoms with Crippen molar-refractivity contribution in [2.75, 3.05) is 0 Å². The van der Waals surface area contributed by atoms with Gasteiger partial charge in [-0.15, -0.1) is 0 Å². The summed E-state index contributed by atoms with van der Waals surface area (Å²) in [6, 6.07) is 3.03. The van der Waals surface area contributed by atoms with E-state index in [2.05, 4.69) is 10.1 Å². The molecule has 1 heterocycles. The third-order valence-corrected chi connectivity index (χ3v) is 2.74. The lowest BCUT2D eigenvalue weighted by molar-refractivity contribution is 0.138. The topological polar surface area (TPSA) is 59.2 Å². The summed E-state index contributed by atoms with van der Waals surface area (Å²) in [5.74, 6) is -0.699. The monoisotopic (exact) mass is 282 g/mol. The van der Waals surface area contributed by atoms with Crippen molar-refractivity contribution in [3.63, 3.8) is 0 Å². The standard InChI is InChI=1S/C14H16F2N2O2/c1-8(2)3-12(19)7-13-17-14(18-20-13)9-4-10(15)6-11(16)5-9/h4-6,8,12,19H,3,7H2,1-2H3. The van der Waals surface area contributed by atoms with E-state index in [1.165, 1.54) is 0 Å². The summed E-state index contributed by atoms with van der Waals surface area (Å²) in [7, 11) is 0. The van der Waals surface area contributed by atoms with Gasteiger partial charge in [0, 0.05) is 11.6 Å². The minimum atomic E-state index is -0.703. The molecule has 0 aliphatic carbocycles. The Bertz CT molecular complexity index is 564. The van der Waals surface area contributed by atoms with Crippen LogP contribution < -0.4 is 0 Å². The molecular formula is C14H16F2N2O2. The second-order valence-corrected chi connectivity index (χ2v) is 5.16. The lowest BCUT2D eigenvalue weighted by Gasteiger charge is -2.09. The number of nitrogens with zero attached hydrogens (tertiary/aromatic N) is 2. The van der Waals surface area contributed by atoms with Crippen LogP contribution in [-0.4, -0.2) is 21.4 Å². The largest absolute Gasteiger partial charge is 0.393 e. The average molecular weight is 282 g/mol. The predicted molar refractivity (Wildman–Crippen MR) is 68.8 cm³/mol. The molecule has 1 unspecified atom stereocenters. The Morgan fingerprint density at radius 3 is 2.45 bits per heavy atom. The molecule has 2 aromatic rings. The molecule has 0 bridgehead atoms. The van der Waals surface area contributed by atoms with Crippen LogP contribution in [0.25, 0.3) is 11.4 Å². The summed E-state index contributed by atoms with van der Waals surface area (Å²) in [5, 5.41) is 13.5. The zero-order valence-electron chi connectivity index (χ0n) is 11.3. The van der Waals surface area contributed by atoms with Crippen molar-refractivity contribution >= 4 is 0 Å². The summed E-state index contributed by atoms with van der Waals surface area (Å²) >= 11 is 0. The van der Waals surface area contributed by atoms with Gasteiger partial charge in [-0.05, 0) is 24.5 Å². The van der Waals surface area contributed by atoms with Crippen LogP contribution >= 0.6 is 0 Å². The van der Waals surface area contributed by atoms with Crippen molar-refractivity contribution in [2.45, 2.75) is 32.8 Å². The van der Waals surface area contributed by atoms with Crippen LogP contribution in [0, 0.1) is 17.6 Å². The van der Waals surface area contributed by atoms with Gasteiger partial charge in [0.05, 0.1) is 12.5 Å². The Kier molecular flexibility index (Phi) is 4.44. The fourth-order valence-electron chi connectivity index (χ4n) is 1.97. The lowest BCUT2D eigenvalue weighted by Crippen LogP contribution is -2.13. The van der Waals surface area contributed by atoms with E-state index >= 15 is 0 Å². The van der Waals surface area contributed by atoms with Crippen molar-refractivity contribution in [1.29, 1.82) is 0 Å². The molecule has 20 heavy (non-hydrogen) atoms. The van der Waals surface area contributed by atoms with E-state index in [4.69, 9.17) is 4.52 Å². The number of aliphatic hydroxyl groups is 1. The van der Waals surface area contributed by atoms with Crippen molar-refractivity contribution in [3.05, 3.63) is 35.7 Å². The maximum Gasteiger partial charge on any atom is 0.229 e.